The highest BCUT2D eigenvalue weighted by atomic mass is 35.5. The summed E-state index contributed by atoms with van der Waals surface area (Å²) in [5.74, 6) is -0.247. The Morgan fingerprint density at radius 1 is 1.44 bits per heavy atom. The summed E-state index contributed by atoms with van der Waals surface area (Å²) in [6.45, 7) is 0. The first kappa shape index (κ1) is 13.2. The van der Waals surface area contributed by atoms with E-state index in [4.69, 9.17) is 11.6 Å². The number of fused-ring (bicyclic) bond motifs is 1. The number of nitrogens with one attached hydrogen (secondary N) is 1. The minimum atomic E-state index is -4.48. The molecule has 2 N–H and O–H groups in total. The van der Waals surface area contributed by atoms with Gasteiger partial charge in [-0.3, -0.25) is 4.79 Å². The Hall–Kier alpha value is -1.27. The van der Waals surface area contributed by atoms with Crippen LogP contribution in [0.2, 0.25) is 5.02 Å². The van der Waals surface area contributed by atoms with Crippen molar-refractivity contribution in [2.24, 2.45) is 0 Å². The van der Waals surface area contributed by atoms with Gasteiger partial charge in [-0.15, -0.1) is 0 Å². The maximum Gasteiger partial charge on any atom is 0.391 e. The molecule has 1 amide bonds. The Kier molecular flexibility index (Phi) is 3.25. The molecule has 0 radical (unpaired) electrons. The molecular formula is C11H9ClF3NO2. The molecule has 18 heavy (non-hydrogen) atoms. The van der Waals surface area contributed by atoms with Crippen LogP contribution in [-0.2, 0) is 11.2 Å². The molecule has 1 aromatic carbocycles. The van der Waals surface area contributed by atoms with Gasteiger partial charge in [0.2, 0.25) is 5.91 Å². The average molecular weight is 280 g/mol. The zero-order valence-electron chi connectivity index (χ0n) is 9.01. The molecule has 0 spiro atoms. The molecule has 1 atom stereocenters. The average Bonchev–Trinajstić information content (AvgIpc) is 2.53. The minimum absolute atomic E-state index is 0.00713. The molecule has 1 aliphatic rings. The smallest absolute Gasteiger partial charge is 0.388 e. The van der Waals surface area contributed by atoms with E-state index in [0.29, 0.717) is 11.3 Å². The first-order valence-corrected chi connectivity index (χ1v) is 5.51. The number of hydrogen-bond donors (Lipinski definition) is 2. The summed E-state index contributed by atoms with van der Waals surface area (Å²) in [6.07, 6.45) is -7.49. The highest BCUT2D eigenvalue weighted by Crippen LogP contribution is 2.36. The van der Waals surface area contributed by atoms with Gasteiger partial charge in [0.1, 0.15) is 0 Å². The molecule has 0 aliphatic carbocycles. The third-order valence-electron chi connectivity index (χ3n) is 2.63. The number of carbonyl (C=O) groups excluding carboxylic acids is 1. The second-order valence-electron chi connectivity index (χ2n) is 4.09. The summed E-state index contributed by atoms with van der Waals surface area (Å²) in [4.78, 5) is 11.1. The Labute approximate surface area is 106 Å². The van der Waals surface area contributed by atoms with Crippen molar-refractivity contribution in [3.8, 4) is 0 Å². The summed E-state index contributed by atoms with van der Waals surface area (Å²) >= 11 is 5.80. The SMILES string of the molecule is O=C1Cc2cc(C(O)CC(F)(F)F)c(Cl)cc2N1. The van der Waals surface area contributed by atoms with Crippen molar-refractivity contribution in [2.45, 2.75) is 25.1 Å². The highest BCUT2D eigenvalue weighted by molar-refractivity contribution is 6.32. The van der Waals surface area contributed by atoms with Gasteiger partial charge in [-0.05, 0) is 23.3 Å². The van der Waals surface area contributed by atoms with Gasteiger partial charge in [-0.25, -0.2) is 0 Å². The van der Waals surface area contributed by atoms with Crippen LogP contribution in [0.3, 0.4) is 0 Å². The lowest BCUT2D eigenvalue weighted by Gasteiger charge is -2.16. The summed E-state index contributed by atoms with van der Waals surface area (Å²) in [6, 6.07) is 2.70. The Morgan fingerprint density at radius 3 is 2.72 bits per heavy atom. The second kappa shape index (κ2) is 4.44. The van der Waals surface area contributed by atoms with Crippen LogP contribution >= 0.6 is 11.6 Å². The van der Waals surface area contributed by atoms with E-state index in [0.717, 1.165) is 0 Å². The number of halogens is 4. The number of aliphatic hydroxyl groups excluding tert-OH is 1. The van der Waals surface area contributed by atoms with Crippen LogP contribution in [0.25, 0.3) is 0 Å². The van der Waals surface area contributed by atoms with Crippen molar-refractivity contribution in [3.05, 3.63) is 28.3 Å². The summed E-state index contributed by atoms with van der Waals surface area (Å²) in [5, 5.41) is 12.1. The van der Waals surface area contributed by atoms with Crippen LogP contribution in [0, 0.1) is 0 Å². The minimum Gasteiger partial charge on any atom is -0.388 e. The number of benzene rings is 1. The summed E-state index contributed by atoms with van der Waals surface area (Å²) in [7, 11) is 0. The molecule has 98 valence electrons. The van der Waals surface area contributed by atoms with Crippen molar-refractivity contribution in [2.75, 3.05) is 5.32 Å². The van der Waals surface area contributed by atoms with E-state index in [1.165, 1.54) is 12.1 Å². The zero-order valence-corrected chi connectivity index (χ0v) is 9.77. The zero-order chi connectivity index (χ0) is 13.5. The summed E-state index contributed by atoms with van der Waals surface area (Å²) < 4.78 is 36.6. The predicted octanol–water partition coefficient (Wildman–Crippen LogP) is 2.82. The van der Waals surface area contributed by atoms with E-state index in [9.17, 15) is 23.1 Å². The lowest BCUT2D eigenvalue weighted by molar-refractivity contribution is -0.154. The number of carbonyl (C=O) groups is 1. The van der Waals surface area contributed by atoms with Gasteiger partial charge in [0.05, 0.1) is 18.9 Å². The Balaban J connectivity index is 2.30. The number of alkyl halides is 3. The van der Waals surface area contributed by atoms with E-state index < -0.39 is 18.7 Å². The first-order chi connectivity index (χ1) is 8.26. The third kappa shape index (κ3) is 2.76. The maximum atomic E-state index is 12.2. The van der Waals surface area contributed by atoms with Crippen LogP contribution in [0.5, 0.6) is 0 Å². The Morgan fingerprint density at radius 2 is 2.11 bits per heavy atom. The fraction of sp³-hybridized carbons (Fsp3) is 0.364. The molecule has 0 fully saturated rings. The van der Waals surface area contributed by atoms with E-state index in [1.807, 2.05) is 0 Å². The van der Waals surface area contributed by atoms with Gasteiger partial charge >= 0.3 is 6.18 Å². The van der Waals surface area contributed by atoms with Gasteiger partial charge in [0.15, 0.2) is 0 Å². The van der Waals surface area contributed by atoms with Gasteiger partial charge in [-0.2, -0.15) is 13.2 Å². The number of rotatable bonds is 2. The van der Waals surface area contributed by atoms with Gasteiger partial charge in [-0.1, -0.05) is 11.6 Å². The van der Waals surface area contributed by atoms with Gasteiger partial charge in [0.25, 0.3) is 0 Å². The van der Waals surface area contributed by atoms with E-state index in [-0.39, 0.29) is 22.9 Å². The first-order valence-electron chi connectivity index (χ1n) is 5.13. The van der Waals surface area contributed by atoms with Crippen molar-refractivity contribution in [1.82, 2.24) is 0 Å². The van der Waals surface area contributed by atoms with E-state index in [1.54, 1.807) is 0 Å². The quantitative estimate of drug-likeness (QED) is 0.874. The van der Waals surface area contributed by atoms with Crippen LogP contribution < -0.4 is 5.32 Å². The molecule has 0 aromatic heterocycles. The largest absolute Gasteiger partial charge is 0.391 e. The predicted molar refractivity (Wildman–Crippen MR) is 59.4 cm³/mol. The van der Waals surface area contributed by atoms with E-state index >= 15 is 0 Å². The molecule has 1 aliphatic heterocycles. The van der Waals surface area contributed by atoms with Crippen molar-refractivity contribution >= 4 is 23.2 Å². The fourth-order valence-corrected chi connectivity index (χ4v) is 2.14. The molecule has 0 saturated carbocycles. The van der Waals surface area contributed by atoms with Crippen molar-refractivity contribution < 1.29 is 23.1 Å². The van der Waals surface area contributed by atoms with Crippen LogP contribution in [-0.4, -0.2) is 17.2 Å². The van der Waals surface area contributed by atoms with Gasteiger partial charge in [0, 0.05) is 10.7 Å². The van der Waals surface area contributed by atoms with Crippen LogP contribution in [0.1, 0.15) is 23.7 Å². The normalized spacial score (nSPS) is 16.4. The lowest BCUT2D eigenvalue weighted by Crippen LogP contribution is -2.14. The van der Waals surface area contributed by atoms with Crippen LogP contribution in [0.4, 0.5) is 18.9 Å². The number of hydrogen-bond acceptors (Lipinski definition) is 2. The van der Waals surface area contributed by atoms with Crippen molar-refractivity contribution in [3.63, 3.8) is 0 Å². The maximum absolute atomic E-state index is 12.2. The third-order valence-corrected chi connectivity index (χ3v) is 2.96. The standard InChI is InChI=1S/C11H9ClF3NO2/c12-7-3-8-5(2-10(18)16-8)1-6(7)9(17)4-11(13,14)15/h1,3,9,17H,2,4H2,(H,16,18). The van der Waals surface area contributed by atoms with Crippen LogP contribution in [0.15, 0.2) is 12.1 Å². The highest BCUT2D eigenvalue weighted by Gasteiger charge is 2.33. The summed E-state index contributed by atoms with van der Waals surface area (Å²) in [5.41, 5.74) is 1.01. The molecule has 1 aromatic rings. The van der Waals surface area contributed by atoms with Crippen molar-refractivity contribution in [1.29, 1.82) is 0 Å². The molecule has 1 unspecified atom stereocenters. The second-order valence-corrected chi connectivity index (χ2v) is 4.50. The molecule has 2 rings (SSSR count). The Bertz CT molecular complexity index is 502. The molecule has 7 heteroatoms. The van der Waals surface area contributed by atoms with E-state index in [2.05, 4.69) is 5.32 Å². The molecular weight excluding hydrogens is 271 g/mol. The fourth-order valence-electron chi connectivity index (χ4n) is 1.85. The van der Waals surface area contributed by atoms with Gasteiger partial charge < -0.3 is 10.4 Å². The monoisotopic (exact) mass is 279 g/mol. The number of amides is 1. The molecule has 1 heterocycles. The molecule has 0 bridgehead atoms. The number of anilines is 1. The molecule has 3 nitrogen and oxygen atoms in total. The molecule has 0 saturated heterocycles. The lowest BCUT2D eigenvalue weighted by atomic mass is 10.0. The topological polar surface area (TPSA) is 49.3 Å². The number of aliphatic hydroxyl groups is 1.